The van der Waals surface area contributed by atoms with Gasteiger partial charge in [0.2, 0.25) is 0 Å². The second-order valence-corrected chi connectivity index (χ2v) is 11.2. The molecule has 3 aliphatic carbocycles. The van der Waals surface area contributed by atoms with Crippen LogP contribution in [0.25, 0.3) is 0 Å². The van der Waals surface area contributed by atoms with E-state index in [1.165, 1.54) is 25.5 Å². The van der Waals surface area contributed by atoms with Gasteiger partial charge in [-0.05, 0) is 54.6 Å². The lowest BCUT2D eigenvalue weighted by Crippen LogP contribution is -2.55. The highest BCUT2D eigenvalue weighted by atomic mass is 16.6. The topological polar surface area (TPSA) is 87.0 Å². The molecule has 3 aliphatic rings. The summed E-state index contributed by atoms with van der Waals surface area (Å²) in [5, 5.41) is 31.3. The molecule has 3 N–H and O–H groups in total. The predicted molar refractivity (Wildman–Crippen MR) is 128 cm³/mol. The molecule has 33 heavy (non-hydrogen) atoms. The van der Waals surface area contributed by atoms with E-state index in [1.54, 1.807) is 0 Å². The Morgan fingerprint density at radius 3 is 2.52 bits per heavy atom. The van der Waals surface area contributed by atoms with E-state index in [2.05, 4.69) is 30.8 Å². The first-order valence-corrected chi connectivity index (χ1v) is 12.4. The smallest absolute Gasteiger partial charge is 0.185 e. The van der Waals surface area contributed by atoms with E-state index < -0.39 is 22.5 Å². The van der Waals surface area contributed by atoms with E-state index in [1.807, 2.05) is 13.8 Å². The molecule has 0 saturated heterocycles. The molecule has 4 rings (SSSR count). The molecule has 4 atom stereocenters. The molecule has 0 unspecified atom stereocenters. The van der Waals surface area contributed by atoms with Gasteiger partial charge >= 0.3 is 0 Å². The van der Waals surface area contributed by atoms with Crippen LogP contribution < -0.4 is 0 Å². The molecule has 3 saturated carbocycles. The van der Waals surface area contributed by atoms with Crippen LogP contribution in [0, 0.1) is 22.7 Å². The normalized spacial score (nSPS) is 34.2. The van der Waals surface area contributed by atoms with E-state index in [4.69, 9.17) is 4.74 Å². The largest absolute Gasteiger partial charge is 0.396 e. The number of benzene rings is 1. The van der Waals surface area contributed by atoms with Crippen molar-refractivity contribution in [1.29, 1.82) is 0 Å². The fourth-order valence-electron chi connectivity index (χ4n) is 7.74. The Morgan fingerprint density at radius 2 is 1.91 bits per heavy atom. The molecule has 5 heteroatoms. The predicted octanol–water partition coefficient (Wildman–Crippen LogP) is 3.93. The van der Waals surface area contributed by atoms with Crippen LogP contribution in [0.3, 0.4) is 0 Å². The van der Waals surface area contributed by atoms with Crippen molar-refractivity contribution >= 4 is 5.78 Å². The highest BCUT2D eigenvalue weighted by Crippen LogP contribution is 2.73. The summed E-state index contributed by atoms with van der Waals surface area (Å²) in [5.74, 6) is -2.35. The average Bonchev–Trinajstić information content (AvgIpc) is 3.42. The molecule has 182 valence electrons. The Labute approximate surface area is 197 Å². The standard InChI is InChI=1S/C28H40O5/c1-19-24-21(18-30)17-27(25(19,2)3,28(24,32)33-4)23(31)11-10-20-8-7-9-22(16-20)26(14-15-29)12-5-6-13-26/h7-9,16,21,24,29-30,32H,1,5-6,10-15,17-18H2,2-4H3/t21-,24-,27-,28-/m1/s1. The molecule has 1 aromatic carbocycles. The Morgan fingerprint density at radius 1 is 1.21 bits per heavy atom. The number of Topliss-reactive ketones (excluding diaryl/α,β-unsaturated/α-hetero) is 1. The fourth-order valence-corrected chi connectivity index (χ4v) is 7.74. The molecular formula is C28H40O5. The summed E-state index contributed by atoms with van der Waals surface area (Å²) in [5.41, 5.74) is 1.46. The number of hydrogen-bond acceptors (Lipinski definition) is 5. The van der Waals surface area contributed by atoms with E-state index >= 15 is 0 Å². The third kappa shape index (κ3) is 3.30. The van der Waals surface area contributed by atoms with Gasteiger partial charge in [0.25, 0.3) is 0 Å². The third-order valence-electron chi connectivity index (χ3n) is 9.67. The Hall–Kier alpha value is -1.53. The number of aryl methyl sites for hydroxylation is 1. The third-order valence-corrected chi connectivity index (χ3v) is 9.67. The van der Waals surface area contributed by atoms with E-state index in [9.17, 15) is 20.1 Å². The van der Waals surface area contributed by atoms with Gasteiger partial charge in [0.05, 0.1) is 5.41 Å². The van der Waals surface area contributed by atoms with Gasteiger partial charge in [0, 0.05) is 38.1 Å². The molecule has 0 aliphatic heterocycles. The van der Waals surface area contributed by atoms with Gasteiger partial charge in [-0.2, -0.15) is 0 Å². The van der Waals surface area contributed by atoms with Crippen molar-refractivity contribution in [3.63, 3.8) is 0 Å². The second-order valence-electron chi connectivity index (χ2n) is 11.2. The van der Waals surface area contributed by atoms with Crippen molar-refractivity contribution in [3.8, 4) is 0 Å². The zero-order valence-corrected chi connectivity index (χ0v) is 20.4. The number of aliphatic hydroxyl groups is 3. The summed E-state index contributed by atoms with van der Waals surface area (Å²) in [6.07, 6.45) is 6.63. The second kappa shape index (κ2) is 8.60. The fraction of sp³-hybridized carbons (Fsp3) is 0.679. The average molecular weight is 457 g/mol. The van der Waals surface area contributed by atoms with Crippen LogP contribution >= 0.6 is 0 Å². The first kappa shape index (κ1) is 24.6. The number of rotatable bonds is 9. The quantitative estimate of drug-likeness (QED) is 0.387. The molecule has 0 spiro atoms. The molecular weight excluding hydrogens is 416 g/mol. The van der Waals surface area contributed by atoms with Crippen LogP contribution in [0.1, 0.15) is 69.9 Å². The van der Waals surface area contributed by atoms with E-state index in [-0.39, 0.29) is 30.3 Å². The van der Waals surface area contributed by atoms with Gasteiger partial charge in [-0.1, -0.05) is 63.1 Å². The van der Waals surface area contributed by atoms with E-state index in [0.717, 1.165) is 30.4 Å². The summed E-state index contributed by atoms with van der Waals surface area (Å²) in [7, 11) is 1.45. The first-order chi connectivity index (χ1) is 15.6. The number of methoxy groups -OCH3 is 1. The molecule has 0 radical (unpaired) electrons. The van der Waals surface area contributed by atoms with Crippen LogP contribution in [0.4, 0.5) is 0 Å². The van der Waals surface area contributed by atoms with Crippen molar-refractivity contribution in [3.05, 3.63) is 47.5 Å². The van der Waals surface area contributed by atoms with Gasteiger partial charge in [0.1, 0.15) is 5.78 Å². The van der Waals surface area contributed by atoms with Gasteiger partial charge < -0.3 is 20.1 Å². The minimum Gasteiger partial charge on any atom is -0.396 e. The molecule has 2 bridgehead atoms. The minimum atomic E-state index is -1.64. The summed E-state index contributed by atoms with van der Waals surface area (Å²) < 4.78 is 5.67. The summed E-state index contributed by atoms with van der Waals surface area (Å²) >= 11 is 0. The van der Waals surface area contributed by atoms with Crippen molar-refractivity contribution in [2.45, 2.75) is 76.4 Å². The van der Waals surface area contributed by atoms with Crippen molar-refractivity contribution in [1.82, 2.24) is 0 Å². The lowest BCUT2D eigenvalue weighted by atomic mass is 9.58. The number of ether oxygens (including phenoxy) is 1. The lowest BCUT2D eigenvalue weighted by Gasteiger charge is -2.46. The van der Waals surface area contributed by atoms with Gasteiger partial charge in [-0.15, -0.1) is 0 Å². The molecule has 0 heterocycles. The van der Waals surface area contributed by atoms with Gasteiger partial charge in [-0.3, -0.25) is 4.79 Å². The zero-order chi connectivity index (χ0) is 24.1. The zero-order valence-electron chi connectivity index (χ0n) is 20.4. The molecule has 5 nitrogen and oxygen atoms in total. The van der Waals surface area contributed by atoms with Gasteiger partial charge in [0.15, 0.2) is 5.79 Å². The number of fused-ring (bicyclic) bond motifs is 2. The van der Waals surface area contributed by atoms with Crippen molar-refractivity contribution in [2.75, 3.05) is 20.3 Å². The first-order valence-electron chi connectivity index (χ1n) is 12.4. The number of ketones is 1. The van der Waals surface area contributed by atoms with Crippen molar-refractivity contribution in [2.24, 2.45) is 22.7 Å². The molecule has 0 amide bonds. The summed E-state index contributed by atoms with van der Waals surface area (Å²) in [6, 6.07) is 8.49. The number of aliphatic hydroxyl groups excluding tert-OH is 2. The van der Waals surface area contributed by atoms with Crippen molar-refractivity contribution < 1.29 is 24.9 Å². The Balaban J connectivity index is 1.60. The molecule has 1 aromatic rings. The van der Waals surface area contributed by atoms with E-state index in [0.29, 0.717) is 19.3 Å². The maximum Gasteiger partial charge on any atom is 0.185 e. The number of carbonyl (C=O) groups excluding carboxylic acids is 1. The van der Waals surface area contributed by atoms with Crippen LogP contribution in [-0.2, 0) is 21.4 Å². The monoisotopic (exact) mass is 456 g/mol. The SMILES string of the molecule is C=C1[C@@H]2[C@@H](CO)C[C@@](C(=O)CCc3cccc(C4(CCO)CCCC4)c3)(C1(C)C)[C@]2(O)OC. The lowest BCUT2D eigenvalue weighted by molar-refractivity contribution is -0.253. The number of hydrogen-bond donors (Lipinski definition) is 3. The minimum absolute atomic E-state index is 0.0206. The maximum atomic E-state index is 13.9. The highest BCUT2D eigenvalue weighted by molar-refractivity contribution is 5.89. The summed E-state index contributed by atoms with van der Waals surface area (Å²) in [6.45, 7) is 8.27. The summed E-state index contributed by atoms with van der Waals surface area (Å²) in [4.78, 5) is 13.9. The number of carbonyl (C=O) groups is 1. The van der Waals surface area contributed by atoms with Crippen LogP contribution in [-0.4, -0.2) is 47.2 Å². The molecule has 3 fully saturated rings. The van der Waals surface area contributed by atoms with Crippen LogP contribution in [0.15, 0.2) is 36.4 Å². The highest BCUT2D eigenvalue weighted by Gasteiger charge is 2.79. The maximum absolute atomic E-state index is 13.9. The molecule has 0 aromatic heterocycles. The van der Waals surface area contributed by atoms with Crippen LogP contribution in [0.5, 0.6) is 0 Å². The van der Waals surface area contributed by atoms with Crippen LogP contribution in [0.2, 0.25) is 0 Å². The van der Waals surface area contributed by atoms with Gasteiger partial charge in [-0.25, -0.2) is 0 Å². The Kier molecular flexibility index (Phi) is 6.41. The Bertz CT molecular complexity index is 915.